The number of nitrogens with two attached hydrogens (primary N) is 1. The molecule has 0 atom stereocenters. The minimum absolute atomic E-state index is 0.0218. The van der Waals surface area contributed by atoms with Crippen LogP contribution < -0.4 is 5.73 Å². The molecule has 0 aromatic carbocycles. The van der Waals surface area contributed by atoms with E-state index in [1.807, 2.05) is 31.0 Å². The number of aryl methyl sites for hydroxylation is 1. The number of carbonyl (C=O) groups is 1. The molecule has 0 bridgehead atoms. The lowest BCUT2D eigenvalue weighted by molar-refractivity contribution is 0.0683. The lowest BCUT2D eigenvalue weighted by Crippen LogP contribution is -2.42. The molecule has 4 nitrogen and oxygen atoms in total. The molecule has 0 spiro atoms. The molecule has 1 amide bonds. The Morgan fingerprint density at radius 2 is 2.06 bits per heavy atom. The molecule has 18 heavy (non-hydrogen) atoms. The first-order valence-corrected chi connectivity index (χ1v) is 6.54. The number of hydrogen-bond acceptors (Lipinski definition) is 3. The molecule has 0 saturated heterocycles. The summed E-state index contributed by atoms with van der Waals surface area (Å²) in [7, 11) is 1.87. The van der Waals surface area contributed by atoms with Crippen LogP contribution in [0.25, 0.3) is 0 Å². The van der Waals surface area contributed by atoms with Crippen molar-refractivity contribution in [1.82, 2.24) is 9.88 Å². The minimum Gasteiger partial charge on any atom is -0.337 e. The van der Waals surface area contributed by atoms with Crippen molar-refractivity contribution in [2.45, 2.75) is 44.7 Å². The monoisotopic (exact) mass is 247 g/mol. The van der Waals surface area contributed by atoms with Gasteiger partial charge in [-0.3, -0.25) is 9.78 Å². The molecule has 1 heterocycles. The summed E-state index contributed by atoms with van der Waals surface area (Å²) in [5.74, 6) is 0.0218. The van der Waals surface area contributed by atoms with Gasteiger partial charge in [-0.05, 0) is 44.2 Å². The van der Waals surface area contributed by atoms with Crippen molar-refractivity contribution in [2.75, 3.05) is 7.05 Å². The first-order valence-electron chi connectivity index (χ1n) is 6.54. The zero-order valence-electron chi connectivity index (χ0n) is 11.1. The lowest BCUT2D eigenvalue weighted by Gasteiger charge is -2.33. The quantitative estimate of drug-likeness (QED) is 0.866. The van der Waals surface area contributed by atoms with Crippen molar-refractivity contribution in [3.8, 4) is 0 Å². The Kier molecular flexibility index (Phi) is 3.97. The molecule has 98 valence electrons. The summed E-state index contributed by atoms with van der Waals surface area (Å²) < 4.78 is 0. The van der Waals surface area contributed by atoms with E-state index in [4.69, 9.17) is 5.73 Å². The first kappa shape index (κ1) is 13.0. The van der Waals surface area contributed by atoms with Crippen LogP contribution in [0, 0.1) is 6.92 Å². The molecule has 0 unspecified atom stereocenters. The molecule has 1 aliphatic rings. The topological polar surface area (TPSA) is 59.2 Å². The van der Waals surface area contributed by atoms with E-state index in [1.165, 1.54) is 0 Å². The number of carbonyl (C=O) groups excluding carboxylic acids is 1. The van der Waals surface area contributed by atoms with Crippen LogP contribution in [0.5, 0.6) is 0 Å². The summed E-state index contributed by atoms with van der Waals surface area (Å²) in [4.78, 5) is 18.4. The molecule has 1 aromatic heterocycles. The van der Waals surface area contributed by atoms with E-state index >= 15 is 0 Å². The summed E-state index contributed by atoms with van der Waals surface area (Å²) in [5.41, 5.74) is 7.39. The molecule has 4 heteroatoms. The van der Waals surface area contributed by atoms with Crippen LogP contribution in [0.4, 0.5) is 0 Å². The third kappa shape index (κ3) is 2.70. The fourth-order valence-corrected chi connectivity index (χ4v) is 2.53. The van der Waals surface area contributed by atoms with Gasteiger partial charge in [-0.15, -0.1) is 0 Å². The first-order chi connectivity index (χ1) is 8.59. The molecule has 1 fully saturated rings. The van der Waals surface area contributed by atoms with Gasteiger partial charge in [0.05, 0.1) is 0 Å². The number of pyridine rings is 1. The van der Waals surface area contributed by atoms with Crippen molar-refractivity contribution in [1.29, 1.82) is 0 Å². The number of amides is 1. The van der Waals surface area contributed by atoms with Crippen LogP contribution in [0.15, 0.2) is 18.3 Å². The summed E-state index contributed by atoms with van der Waals surface area (Å²) in [6.07, 6.45) is 5.67. The van der Waals surface area contributed by atoms with Crippen molar-refractivity contribution in [2.24, 2.45) is 5.73 Å². The zero-order chi connectivity index (χ0) is 13.1. The third-order valence-electron chi connectivity index (χ3n) is 3.82. The molecule has 1 aliphatic carbocycles. The molecule has 2 rings (SSSR count). The number of rotatable bonds is 2. The molecular weight excluding hydrogens is 226 g/mol. The van der Waals surface area contributed by atoms with Gasteiger partial charge in [0.1, 0.15) is 5.69 Å². The Morgan fingerprint density at radius 1 is 1.39 bits per heavy atom. The summed E-state index contributed by atoms with van der Waals surface area (Å²) in [6.45, 7) is 1.92. The second-order valence-corrected chi connectivity index (χ2v) is 5.15. The van der Waals surface area contributed by atoms with Gasteiger partial charge in [-0.1, -0.05) is 6.07 Å². The fourth-order valence-electron chi connectivity index (χ4n) is 2.53. The second-order valence-electron chi connectivity index (χ2n) is 5.15. The predicted octanol–water partition coefficient (Wildman–Crippen LogP) is 1.73. The van der Waals surface area contributed by atoms with E-state index in [1.54, 1.807) is 6.20 Å². The highest BCUT2D eigenvalue weighted by atomic mass is 16.2. The smallest absolute Gasteiger partial charge is 0.272 e. The molecular formula is C14H21N3O. The van der Waals surface area contributed by atoms with Crippen LogP contribution in [0.1, 0.15) is 41.7 Å². The lowest BCUT2D eigenvalue weighted by atomic mass is 9.91. The predicted molar refractivity (Wildman–Crippen MR) is 71.3 cm³/mol. The Morgan fingerprint density at radius 3 is 2.67 bits per heavy atom. The molecule has 0 radical (unpaired) electrons. The summed E-state index contributed by atoms with van der Waals surface area (Å²) in [5, 5.41) is 0. The normalized spacial score (nSPS) is 23.7. The molecule has 1 saturated carbocycles. The van der Waals surface area contributed by atoms with E-state index in [2.05, 4.69) is 4.98 Å². The summed E-state index contributed by atoms with van der Waals surface area (Å²) in [6, 6.07) is 4.39. The highest BCUT2D eigenvalue weighted by Gasteiger charge is 2.26. The van der Waals surface area contributed by atoms with Crippen molar-refractivity contribution >= 4 is 5.91 Å². The largest absolute Gasteiger partial charge is 0.337 e. The van der Waals surface area contributed by atoms with E-state index in [0.29, 0.717) is 17.8 Å². The number of aromatic nitrogens is 1. The van der Waals surface area contributed by atoms with Crippen LogP contribution in [0.2, 0.25) is 0 Å². The van der Waals surface area contributed by atoms with Crippen LogP contribution in [-0.2, 0) is 0 Å². The van der Waals surface area contributed by atoms with Crippen molar-refractivity contribution < 1.29 is 4.79 Å². The average Bonchev–Trinajstić information content (AvgIpc) is 2.38. The van der Waals surface area contributed by atoms with Crippen molar-refractivity contribution in [3.05, 3.63) is 29.6 Å². The minimum atomic E-state index is 0.0218. The van der Waals surface area contributed by atoms with Gasteiger partial charge in [-0.25, -0.2) is 0 Å². The van der Waals surface area contributed by atoms with Crippen LogP contribution in [-0.4, -0.2) is 34.9 Å². The van der Waals surface area contributed by atoms with E-state index in [-0.39, 0.29) is 5.91 Å². The van der Waals surface area contributed by atoms with E-state index in [9.17, 15) is 4.79 Å². The van der Waals surface area contributed by atoms with Gasteiger partial charge in [0.2, 0.25) is 0 Å². The Bertz CT molecular complexity index is 425. The maximum Gasteiger partial charge on any atom is 0.272 e. The van der Waals surface area contributed by atoms with Crippen LogP contribution >= 0.6 is 0 Å². The van der Waals surface area contributed by atoms with Crippen molar-refractivity contribution in [3.63, 3.8) is 0 Å². The second kappa shape index (κ2) is 5.48. The fraction of sp³-hybridized carbons (Fsp3) is 0.571. The Balaban J connectivity index is 2.07. The summed E-state index contributed by atoms with van der Waals surface area (Å²) >= 11 is 0. The van der Waals surface area contributed by atoms with Gasteiger partial charge >= 0.3 is 0 Å². The highest BCUT2D eigenvalue weighted by molar-refractivity contribution is 5.93. The van der Waals surface area contributed by atoms with Gasteiger partial charge in [0.15, 0.2) is 0 Å². The molecule has 1 aromatic rings. The maximum absolute atomic E-state index is 12.4. The number of hydrogen-bond donors (Lipinski definition) is 1. The third-order valence-corrected chi connectivity index (χ3v) is 3.82. The Hall–Kier alpha value is -1.42. The van der Waals surface area contributed by atoms with Crippen LogP contribution in [0.3, 0.4) is 0 Å². The van der Waals surface area contributed by atoms with Gasteiger partial charge in [0.25, 0.3) is 5.91 Å². The molecule has 0 aliphatic heterocycles. The highest BCUT2D eigenvalue weighted by Crippen LogP contribution is 2.22. The number of nitrogens with zero attached hydrogens (tertiary/aromatic N) is 2. The van der Waals surface area contributed by atoms with E-state index < -0.39 is 0 Å². The maximum atomic E-state index is 12.4. The SMILES string of the molecule is Cc1cccnc1C(=O)N(C)C1CCC(N)CC1. The zero-order valence-corrected chi connectivity index (χ0v) is 11.1. The molecule has 2 N–H and O–H groups in total. The average molecular weight is 247 g/mol. The Labute approximate surface area is 108 Å². The van der Waals surface area contributed by atoms with Gasteiger partial charge in [-0.2, -0.15) is 0 Å². The van der Waals surface area contributed by atoms with Gasteiger partial charge in [0, 0.05) is 25.3 Å². The van der Waals surface area contributed by atoms with Gasteiger partial charge < -0.3 is 10.6 Å². The standard InChI is InChI=1S/C14H21N3O/c1-10-4-3-9-16-13(10)14(18)17(2)12-7-5-11(15)6-8-12/h3-4,9,11-12H,5-8,15H2,1-2H3. The van der Waals surface area contributed by atoms with E-state index in [0.717, 1.165) is 31.2 Å².